The fourth-order valence-electron chi connectivity index (χ4n) is 2.64. The van der Waals surface area contributed by atoms with E-state index in [9.17, 15) is 26.9 Å². The summed E-state index contributed by atoms with van der Waals surface area (Å²) in [5.74, 6) is 0.0474. The molecule has 2 aromatic rings. The number of non-ortho nitro benzene ring substituents is 1. The molecule has 1 heterocycles. The average Bonchev–Trinajstić information content (AvgIpc) is 2.96. The summed E-state index contributed by atoms with van der Waals surface area (Å²) in [4.78, 5) is 9.83. The van der Waals surface area contributed by atoms with Gasteiger partial charge in [-0.2, -0.15) is 0 Å². The van der Waals surface area contributed by atoms with E-state index in [2.05, 4.69) is 4.72 Å². The topological polar surface area (TPSA) is 127 Å². The number of anilines is 2. The van der Waals surface area contributed by atoms with Crippen LogP contribution in [0.3, 0.4) is 0 Å². The largest absolute Gasteiger partial charge is 0.278 e. The first-order valence-electron chi connectivity index (χ1n) is 7.67. The molecule has 0 amide bonds. The van der Waals surface area contributed by atoms with Crippen molar-refractivity contribution in [1.82, 2.24) is 0 Å². The van der Waals surface area contributed by atoms with Crippen molar-refractivity contribution < 1.29 is 21.8 Å². The van der Waals surface area contributed by atoms with Crippen molar-refractivity contribution in [3.63, 3.8) is 0 Å². The molecule has 1 N–H and O–H groups in total. The maximum absolute atomic E-state index is 12.5. The molecule has 0 saturated carbocycles. The third kappa shape index (κ3) is 3.99. The van der Waals surface area contributed by atoms with Crippen LogP contribution in [0.25, 0.3) is 0 Å². The zero-order valence-electron chi connectivity index (χ0n) is 13.7. The third-order valence-electron chi connectivity index (χ3n) is 3.92. The Morgan fingerprint density at radius 1 is 1.19 bits per heavy atom. The number of sulfonamides is 2. The van der Waals surface area contributed by atoms with Gasteiger partial charge in [-0.05, 0) is 30.7 Å². The summed E-state index contributed by atoms with van der Waals surface area (Å²) in [5, 5.41) is 10.8. The first-order chi connectivity index (χ1) is 12.6. The Balaban J connectivity index is 1.89. The monoisotopic (exact) mass is 431 g/mol. The van der Waals surface area contributed by atoms with Gasteiger partial charge in [-0.15, -0.1) is 0 Å². The van der Waals surface area contributed by atoms with Gasteiger partial charge in [0.1, 0.15) is 0 Å². The minimum atomic E-state index is -4.12. The molecule has 2 aromatic carbocycles. The SMILES string of the molecule is O=[N+]([O-])c1cccc(S(=O)(=O)Nc2ccc(N3CCCS3(=O)=O)cc2Cl)c1. The fraction of sp³-hybridized carbons (Fsp3) is 0.200. The number of benzene rings is 2. The van der Waals surface area contributed by atoms with Crippen molar-refractivity contribution in [2.75, 3.05) is 21.3 Å². The molecule has 0 spiro atoms. The van der Waals surface area contributed by atoms with Crippen LogP contribution in [0.15, 0.2) is 47.4 Å². The highest BCUT2D eigenvalue weighted by molar-refractivity contribution is 7.93. The first kappa shape index (κ1) is 19.4. The Morgan fingerprint density at radius 2 is 1.93 bits per heavy atom. The van der Waals surface area contributed by atoms with Crippen molar-refractivity contribution in [3.8, 4) is 0 Å². The van der Waals surface area contributed by atoms with Crippen LogP contribution in [0.1, 0.15) is 6.42 Å². The second-order valence-electron chi connectivity index (χ2n) is 5.77. The maximum Gasteiger partial charge on any atom is 0.270 e. The van der Waals surface area contributed by atoms with Gasteiger partial charge in [0.05, 0.1) is 32.0 Å². The standard InChI is InChI=1S/C15H14ClN3O6S2/c16-14-10-11(18-7-2-8-26(18,22)23)5-6-15(14)17-27(24,25)13-4-1-3-12(9-13)19(20)21/h1,3-6,9-10,17H,2,7-8H2. The van der Waals surface area contributed by atoms with Gasteiger partial charge in [0.15, 0.2) is 0 Å². The van der Waals surface area contributed by atoms with E-state index in [0.29, 0.717) is 18.7 Å². The molecule has 0 bridgehead atoms. The summed E-state index contributed by atoms with van der Waals surface area (Å²) in [6.45, 7) is 0.331. The van der Waals surface area contributed by atoms with Crippen molar-refractivity contribution in [2.45, 2.75) is 11.3 Å². The lowest BCUT2D eigenvalue weighted by molar-refractivity contribution is -0.385. The van der Waals surface area contributed by atoms with Gasteiger partial charge in [0.2, 0.25) is 10.0 Å². The van der Waals surface area contributed by atoms with Crippen LogP contribution in [0.5, 0.6) is 0 Å². The third-order valence-corrected chi connectivity index (χ3v) is 7.47. The van der Waals surface area contributed by atoms with E-state index in [1.54, 1.807) is 0 Å². The summed E-state index contributed by atoms with van der Waals surface area (Å²) < 4.78 is 52.4. The van der Waals surface area contributed by atoms with Crippen molar-refractivity contribution in [2.24, 2.45) is 0 Å². The molecule has 0 aliphatic carbocycles. The Hall–Kier alpha value is -2.37. The molecule has 12 heteroatoms. The molecule has 0 radical (unpaired) electrons. The van der Waals surface area contributed by atoms with Crippen LogP contribution >= 0.6 is 11.6 Å². The van der Waals surface area contributed by atoms with E-state index in [4.69, 9.17) is 11.6 Å². The van der Waals surface area contributed by atoms with Crippen molar-refractivity contribution in [1.29, 1.82) is 0 Å². The molecule has 0 atom stereocenters. The molecule has 1 saturated heterocycles. The van der Waals surface area contributed by atoms with Crippen molar-refractivity contribution in [3.05, 3.63) is 57.6 Å². The molecule has 1 fully saturated rings. The molecule has 144 valence electrons. The Labute approximate surface area is 160 Å². The van der Waals surface area contributed by atoms with Gasteiger partial charge in [-0.3, -0.25) is 19.1 Å². The highest BCUT2D eigenvalue weighted by Crippen LogP contribution is 2.32. The predicted molar refractivity (Wildman–Crippen MR) is 101 cm³/mol. The van der Waals surface area contributed by atoms with E-state index < -0.39 is 25.0 Å². The highest BCUT2D eigenvalue weighted by Gasteiger charge is 2.29. The number of nitrogens with zero attached hydrogens (tertiary/aromatic N) is 2. The smallest absolute Gasteiger partial charge is 0.270 e. The number of hydrogen-bond acceptors (Lipinski definition) is 6. The lowest BCUT2D eigenvalue weighted by atomic mass is 10.3. The Bertz CT molecular complexity index is 1120. The molecule has 0 unspecified atom stereocenters. The van der Waals surface area contributed by atoms with Crippen molar-refractivity contribution >= 4 is 48.7 Å². The molecular formula is C15H14ClN3O6S2. The molecule has 0 aromatic heterocycles. The number of rotatable bonds is 5. The number of nitro groups is 1. The molecular weight excluding hydrogens is 418 g/mol. The first-order valence-corrected chi connectivity index (χ1v) is 11.1. The van der Waals surface area contributed by atoms with Crippen LogP contribution < -0.4 is 9.03 Å². The summed E-state index contributed by atoms with van der Waals surface area (Å²) in [7, 11) is -7.51. The minimum absolute atomic E-state index is 0.00334. The van der Waals surface area contributed by atoms with Gasteiger partial charge in [-0.25, -0.2) is 16.8 Å². The fourth-order valence-corrected chi connectivity index (χ4v) is 5.59. The van der Waals surface area contributed by atoms with E-state index in [0.717, 1.165) is 6.07 Å². The molecule has 9 nitrogen and oxygen atoms in total. The van der Waals surface area contributed by atoms with Gasteiger partial charge in [0, 0.05) is 18.7 Å². The van der Waals surface area contributed by atoms with Gasteiger partial charge in [-0.1, -0.05) is 17.7 Å². The minimum Gasteiger partial charge on any atom is -0.278 e. The normalized spacial score (nSPS) is 16.3. The summed E-state index contributed by atoms with van der Waals surface area (Å²) in [6.07, 6.45) is 0.501. The summed E-state index contributed by atoms with van der Waals surface area (Å²) in [5.41, 5.74) is 0.0119. The number of nitro benzene ring substituents is 1. The Morgan fingerprint density at radius 3 is 2.52 bits per heavy atom. The zero-order chi connectivity index (χ0) is 19.8. The number of hydrogen-bond donors (Lipinski definition) is 1. The van der Waals surface area contributed by atoms with Crippen LogP contribution in [-0.4, -0.2) is 34.1 Å². The van der Waals surface area contributed by atoms with E-state index >= 15 is 0 Å². The molecule has 1 aliphatic heterocycles. The van der Waals surface area contributed by atoms with E-state index in [1.165, 1.54) is 40.7 Å². The predicted octanol–water partition coefficient (Wildman–Crippen LogP) is 2.59. The number of halogens is 1. The second-order valence-corrected chi connectivity index (χ2v) is 9.87. The number of nitrogens with one attached hydrogen (secondary N) is 1. The summed E-state index contributed by atoms with van der Waals surface area (Å²) >= 11 is 6.12. The molecule has 1 aliphatic rings. The van der Waals surface area contributed by atoms with Crippen LogP contribution in [0.4, 0.5) is 17.1 Å². The zero-order valence-corrected chi connectivity index (χ0v) is 16.1. The average molecular weight is 432 g/mol. The molecule has 3 rings (SSSR count). The van der Waals surface area contributed by atoms with Gasteiger partial charge in [0.25, 0.3) is 15.7 Å². The highest BCUT2D eigenvalue weighted by atomic mass is 35.5. The quantitative estimate of drug-likeness (QED) is 0.572. The van der Waals surface area contributed by atoms with Gasteiger partial charge >= 0.3 is 0 Å². The van der Waals surface area contributed by atoms with Crippen LogP contribution in [-0.2, 0) is 20.0 Å². The molecule has 27 heavy (non-hydrogen) atoms. The lowest BCUT2D eigenvalue weighted by Crippen LogP contribution is -2.25. The second kappa shape index (κ2) is 6.98. The van der Waals surface area contributed by atoms with Gasteiger partial charge < -0.3 is 0 Å². The summed E-state index contributed by atoms with van der Waals surface area (Å²) in [6, 6.07) is 8.74. The Kier molecular flexibility index (Phi) is 5.02. The van der Waals surface area contributed by atoms with E-state index in [-0.39, 0.29) is 27.0 Å². The maximum atomic E-state index is 12.5. The van der Waals surface area contributed by atoms with Crippen LogP contribution in [0, 0.1) is 10.1 Å². The lowest BCUT2D eigenvalue weighted by Gasteiger charge is -2.18. The van der Waals surface area contributed by atoms with Crippen LogP contribution in [0.2, 0.25) is 5.02 Å². The van der Waals surface area contributed by atoms with E-state index in [1.807, 2.05) is 0 Å².